The van der Waals surface area contributed by atoms with Gasteiger partial charge in [0.2, 0.25) is 0 Å². The standard InChI is InChI=1S/C35H30N2O2S/c1-6-35(3,4)29-21-28-11-8-18-36-34(28)32(22-29)27-10-7-9-25(19-27)20-31(33-17-12-24(2)23-37-33)26-13-15-30(16-14-26)40(5,38)39/h1,7-23H,2-5H3/b31-20+. The van der Waals surface area contributed by atoms with Gasteiger partial charge in [-0.25, -0.2) is 8.42 Å². The van der Waals surface area contributed by atoms with Gasteiger partial charge in [-0.2, -0.15) is 0 Å². The quantitative estimate of drug-likeness (QED) is 0.165. The SMILES string of the molecule is C#CC(C)(C)c1cc(-c2cccc(/C=C(\c3ccc(S(C)(=O)=O)cc3)c3ccc(C)cn3)c2)c2ncccc2c1. The monoisotopic (exact) mass is 542 g/mol. The van der Waals surface area contributed by atoms with Gasteiger partial charge in [0.1, 0.15) is 0 Å². The zero-order chi connectivity index (χ0) is 28.5. The van der Waals surface area contributed by atoms with Crippen molar-refractivity contribution in [3.63, 3.8) is 0 Å². The predicted molar refractivity (Wildman–Crippen MR) is 165 cm³/mol. The summed E-state index contributed by atoms with van der Waals surface area (Å²) in [6, 6.07) is 27.5. The summed E-state index contributed by atoms with van der Waals surface area (Å²) in [6.45, 7) is 6.09. The number of hydrogen-bond donors (Lipinski definition) is 0. The lowest BCUT2D eigenvalue weighted by atomic mass is 9.83. The Kier molecular flexibility index (Phi) is 7.14. The van der Waals surface area contributed by atoms with Gasteiger partial charge in [-0.05, 0) is 97.1 Å². The lowest BCUT2D eigenvalue weighted by Crippen LogP contribution is -2.14. The van der Waals surface area contributed by atoms with Crippen LogP contribution in [-0.2, 0) is 15.3 Å². The van der Waals surface area contributed by atoms with E-state index >= 15 is 0 Å². The third-order valence-electron chi connectivity index (χ3n) is 7.08. The second-order valence-corrected chi connectivity index (χ2v) is 12.6. The van der Waals surface area contributed by atoms with Crippen molar-refractivity contribution in [1.82, 2.24) is 9.97 Å². The van der Waals surface area contributed by atoms with E-state index in [4.69, 9.17) is 11.4 Å². The summed E-state index contributed by atoms with van der Waals surface area (Å²) in [5, 5.41) is 1.04. The third kappa shape index (κ3) is 5.59. The molecule has 0 aliphatic rings. The van der Waals surface area contributed by atoms with Crippen LogP contribution in [0.3, 0.4) is 0 Å². The molecule has 5 aromatic rings. The van der Waals surface area contributed by atoms with Crippen LogP contribution in [0.25, 0.3) is 33.7 Å². The molecule has 0 saturated heterocycles. The van der Waals surface area contributed by atoms with E-state index < -0.39 is 15.3 Å². The van der Waals surface area contributed by atoms with Gasteiger partial charge in [-0.3, -0.25) is 9.97 Å². The number of nitrogens with zero attached hydrogens (tertiary/aromatic N) is 2. The van der Waals surface area contributed by atoms with Crippen molar-refractivity contribution in [1.29, 1.82) is 0 Å². The fraction of sp³-hybridized carbons (Fsp3) is 0.143. The van der Waals surface area contributed by atoms with E-state index in [1.165, 1.54) is 6.26 Å². The summed E-state index contributed by atoms with van der Waals surface area (Å²) in [5.41, 5.74) is 8.18. The normalized spacial score (nSPS) is 12.3. The van der Waals surface area contributed by atoms with Gasteiger partial charge in [0.25, 0.3) is 0 Å². The van der Waals surface area contributed by atoms with Gasteiger partial charge in [0.05, 0.1) is 21.5 Å². The number of hydrogen-bond acceptors (Lipinski definition) is 4. The van der Waals surface area contributed by atoms with Gasteiger partial charge >= 0.3 is 0 Å². The van der Waals surface area contributed by atoms with Gasteiger partial charge in [0, 0.05) is 35.2 Å². The molecule has 0 amide bonds. The zero-order valence-corrected chi connectivity index (χ0v) is 23.8. The van der Waals surface area contributed by atoms with Crippen molar-refractivity contribution in [2.45, 2.75) is 31.1 Å². The molecule has 40 heavy (non-hydrogen) atoms. The van der Waals surface area contributed by atoms with Crippen LogP contribution in [0.4, 0.5) is 0 Å². The first kappa shape index (κ1) is 27.1. The minimum Gasteiger partial charge on any atom is -0.256 e. The fourth-order valence-electron chi connectivity index (χ4n) is 4.63. The number of terminal acetylenes is 1. The van der Waals surface area contributed by atoms with Crippen molar-refractivity contribution in [2.24, 2.45) is 0 Å². The van der Waals surface area contributed by atoms with Gasteiger partial charge in [-0.1, -0.05) is 48.4 Å². The first-order chi connectivity index (χ1) is 19.0. The average Bonchev–Trinajstić information content (AvgIpc) is 2.95. The first-order valence-corrected chi connectivity index (χ1v) is 14.9. The summed E-state index contributed by atoms with van der Waals surface area (Å²) in [5.74, 6) is 2.92. The fourth-order valence-corrected chi connectivity index (χ4v) is 5.26. The Morgan fingerprint density at radius 3 is 2.38 bits per heavy atom. The van der Waals surface area contributed by atoms with Crippen LogP contribution >= 0.6 is 0 Å². The van der Waals surface area contributed by atoms with Crippen molar-refractivity contribution in [2.75, 3.05) is 6.26 Å². The van der Waals surface area contributed by atoms with Crippen LogP contribution in [0.1, 0.15) is 41.8 Å². The van der Waals surface area contributed by atoms with E-state index in [9.17, 15) is 8.42 Å². The lowest BCUT2D eigenvalue weighted by Gasteiger charge is -2.20. The summed E-state index contributed by atoms with van der Waals surface area (Å²) < 4.78 is 24.1. The molecule has 0 radical (unpaired) electrons. The van der Waals surface area contributed by atoms with Crippen LogP contribution in [0.15, 0.2) is 102 Å². The maximum absolute atomic E-state index is 12.0. The van der Waals surface area contributed by atoms with Crippen molar-refractivity contribution in [3.05, 3.63) is 125 Å². The van der Waals surface area contributed by atoms with Crippen molar-refractivity contribution in [3.8, 4) is 23.5 Å². The van der Waals surface area contributed by atoms with Gasteiger partial charge in [-0.15, -0.1) is 6.42 Å². The molecule has 2 aromatic heterocycles. The van der Waals surface area contributed by atoms with Crippen LogP contribution in [0.5, 0.6) is 0 Å². The highest BCUT2D eigenvalue weighted by molar-refractivity contribution is 7.90. The van der Waals surface area contributed by atoms with Gasteiger partial charge in [0.15, 0.2) is 9.84 Å². The summed E-state index contributed by atoms with van der Waals surface area (Å²) in [7, 11) is -3.30. The van der Waals surface area contributed by atoms with E-state index in [1.807, 2.05) is 75.6 Å². The molecule has 0 saturated carbocycles. The van der Waals surface area contributed by atoms with Crippen molar-refractivity contribution >= 4 is 32.4 Å². The van der Waals surface area contributed by atoms with Crippen LogP contribution in [0, 0.1) is 19.3 Å². The molecule has 198 valence electrons. The highest BCUT2D eigenvalue weighted by Crippen LogP contribution is 2.35. The van der Waals surface area contributed by atoms with E-state index in [0.717, 1.165) is 55.6 Å². The molecule has 5 heteroatoms. The largest absolute Gasteiger partial charge is 0.256 e. The second-order valence-electron chi connectivity index (χ2n) is 10.6. The molecule has 0 unspecified atom stereocenters. The summed E-state index contributed by atoms with van der Waals surface area (Å²) >= 11 is 0. The molecule has 0 aliphatic carbocycles. The topological polar surface area (TPSA) is 59.9 Å². The molecule has 0 fully saturated rings. The third-order valence-corrected chi connectivity index (χ3v) is 8.21. The Labute approximate surface area is 236 Å². The minimum absolute atomic E-state index is 0.281. The maximum atomic E-state index is 12.0. The highest BCUT2D eigenvalue weighted by atomic mass is 32.2. The number of rotatable bonds is 6. The number of sulfone groups is 1. The average molecular weight is 543 g/mol. The number of pyridine rings is 2. The molecule has 0 aliphatic heterocycles. The van der Waals surface area contributed by atoms with Crippen LogP contribution in [0.2, 0.25) is 0 Å². The predicted octanol–water partition coefficient (Wildman–Crippen LogP) is 7.51. The minimum atomic E-state index is -3.30. The Morgan fingerprint density at radius 2 is 1.70 bits per heavy atom. The molecule has 0 spiro atoms. The number of benzene rings is 3. The van der Waals surface area contributed by atoms with Gasteiger partial charge < -0.3 is 0 Å². The van der Waals surface area contributed by atoms with E-state index in [-0.39, 0.29) is 4.90 Å². The second kappa shape index (κ2) is 10.6. The van der Waals surface area contributed by atoms with Crippen LogP contribution in [-0.4, -0.2) is 24.6 Å². The Bertz CT molecular complexity index is 1890. The molecule has 0 atom stereocenters. The van der Waals surface area contributed by atoms with Crippen molar-refractivity contribution < 1.29 is 8.42 Å². The lowest BCUT2D eigenvalue weighted by molar-refractivity contribution is 0.602. The number of fused-ring (bicyclic) bond motifs is 1. The highest BCUT2D eigenvalue weighted by Gasteiger charge is 2.20. The molecular weight excluding hydrogens is 512 g/mol. The molecule has 3 aromatic carbocycles. The summed E-state index contributed by atoms with van der Waals surface area (Å²) in [4.78, 5) is 9.66. The smallest absolute Gasteiger partial charge is 0.175 e. The molecular formula is C35H30N2O2S. The van der Waals surface area contributed by atoms with E-state index in [0.29, 0.717) is 0 Å². The molecule has 5 rings (SSSR count). The first-order valence-electron chi connectivity index (χ1n) is 13.0. The van der Waals surface area contributed by atoms with E-state index in [2.05, 4.69) is 47.3 Å². The van der Waals surface area contributed by atoms with E-state index in [1.54, 1.807) is 12.1 Å². The maximum Gasteiger partial charge on any atom is 0.175 e. The summed E-state index contributed by atoms with van der Waals surface area (Å²) in [6.07, 6.45) is 12.8. The Balaban J connectivity index is 1.67. The zero-order valence-electron chi connectivity index (χ0n) is 23.0. The molecule has 2 heterocycles. The Morgan fingerprint density at radius 1 is 0.925 bits per heavy atom. The Hall–Kier alpha value is -4.53. The molecule has 0 N–H and O–H groups in total. The number of aryl methyl sites for hydroxylation is 1. The molecule has 0 bridgehead atoms. The number of aromatic nitrogens is 2. The molecule has 4 nitrogen and oxygen atoms in total. The van der Waals surface area contributed by atoms with Crippen LogP contribution < -0.4 is 0 Å².